The van der Waals surface area contributed by atoms with E-state index in [9.17, 15) is 18.0 Å². The molecular weight excluding hydrogens is 363 g/mol. The molecule has 3 aromatic rings. The number of imidazole rings is 1. The number of halogens is 3. The van der Waals surface area contributed by atoms with Crippen LogP contribution in [0.2, 0.25) is 0 Å². The van der Waals surface area contributed by atoms with Crippen molar-refractivity contribution in [1.29, 1.82) is 0 Å². The third kappa shape index (κ3) is 5.36. The van der Waals surface area contributed by atoms with Crippen LogP contribution in [0.5, 0.6) is 0 Å². The minimum absolute atomic E-state index is 0.107. The van der Waals surface area contributed by atoms with Crippen molar-refractivity contribution >= 4 is 5.91 Å². The van der Waals surface area contributed by atoms with Gasteiger partial charge in [-0.25, -0.2) is 4.98 Å². The summed E-state index contributed by atoms with van der Waals surface area (Å²) < 4.78 is 38.1. The minimum Gasteiger partial charge on any atom is -0.352 e. The Morgan fingerprint density at radius 2 is 1.96 bits per heavy atom. The van der Waals surface area contributed by atoms with E-state index < -0.39 is 17.8 Å². The van der Waals surface area contributed by atoms with Gasteiger partial charge in [0.25, 0.3) is 0 Å². The lowest BCUT2D eigenvalue weighted by atomic mass is 10.0. The molecule has 0 aliphatic rings. The Morgan fingerprint density at radius 1 is 1.19 bits per heavy atom. The van der Waals surface area contributed by atoms with Gasteiger partial charge in [-0.1, -0.05) is 17.3 Å². The summed E-state index contributed by atoms with van der Waals surface area (Å²) in [6, 6.07) is 4.43. The topological polar surface area (TPSA) is 112 Å². The third-order valence-electron chi connectivity index (χ3n) is 3.85. The van der Waals surface area contributed by atoms with E-state index in [-0.39, 0.29) is 18.7 Å². The van der Waals surface area contributed by atoms with Crippen molar-refractivity contribution in [3.05, 3.63) is 59.4 Å². The number of hydrogen-bond donors (Lipinski definition) is 3. The number of hydrogen-bond acceptors (Lipinski definition) is 5. The molecule has 2 heterocycles. The van der Waals surface area contributed by atoms with Gasteiger partial charge in [-0.05, 0) is 24.1 Å². The maximum absolute atomic E-state index is 12.7. The number of aromatic amines is 2. The Kier molecular flexibility index (Phi) is 5.48. The van der Waals surface area contributed by atoms with E-state index in [4.69, 9.17) is 0 Å². The first-order valence-electron chi connectivity index (χ1n) is 8.05. The Labute approximate surface area is 151 Å². The van der Waals surface area contributed by atoms with E-state index in [0.29, 0.717) is 23.5 Å². The third-order valence-corrected chi connectivity index (χ3v) is 3.85. The van der Waals surface area contributed by atoms with Crippen molar-refractivity contribution in [2.75, 3.05) is 0 Å². The van der Waals surface area contributed by atoms with E-state index >= 15 is 0 Å². The molecule has 1 amide bonds. The zero-order valence-electron chi connectivity index (χ0n) is 14.0. The number of nitrogens with one attached hydrogen (secondary N) is 3. The fraction of sp³-hybridized carbons (Fsp3) is 0.312. The van der Waals surface area contributed by atoms with Crippen molar-refractivity contribution in [1.82, 2.24) is 35.9 Å². The molecule has 0 bridgehead atoms. The fourth-order valence-corrected chi connectivity index (χ4v) is 2.61. The summed E-state index contributed by atoms with van der Waals surface area (Å²) in [5.41, 5.74) is 0.586. The number of amides is 1. The first-order chi connectivity index (χ1) is 12.9. The second-order valence-corrected chi connectivity index (χ2v) is 5.95. The minimum atomic E-state index is -4.39. The van der Waals surface area contributed by atoms with E-state index in [1.54, 1.807) is 6.20 Å². The Morgan fingerprint density at radius 3 is 2.56 bits per heavy atom. The number of rotatable bonds is 7. The summed E-state index contributed by atoms with van der Waals surface area (Å²) in [4.78, 5) is 18.9. The highest BCUT2D eigenvalue weighted by atomic mass is 19.4. The molecule has 0 spiro atoms. The number of carbonyl (C=O) groups is 1. The first-order valence-corrected chi connectivity index (χ1v) is 8.05. The largest absolute Gasteiger partial charge is 0.416 e. The Bertz CT molecular complexity index is 845. The highest BCUT2D eigenvalue weighted by Gasteiger charge is 2.30. The number of carbonyl (C=O) groups excluding carboxylic acids is 1. The van der Waals surface area contributed by atoms with Gasteiger partial charge in [-0.3, -0.25) is 4.79 Å². The average Bonchev–Trinajstić information content (AvgIpc) is 3.28. The van der Waals surface area contributed by atoms with Gasteiger partial charge in [-0.15, -0.1) is 10.2 Å². The van der Waals surface area contributed by atoms with Gasteiger partial charge in [0.2, 0.25) is 5.91 Å². The van der Waals surface area contributed by atoms with E-state index in [1.165, 1.54) is 18.5 Å². The molecule has 1 aromatic carbocycles. The first kappa shape index (κ1) is 18.5. The predicted octanol–water partition coefficient (Wildman–Crippen LogP) is 1.45. The second-order valence-electron chi connectivity index (χ2n) is 5.95. The summed E-state index contributed by atoms with van der Waals surface area (Å²) in [5.74, 6) is 0.147. The van der Waals surface area contributed by atoms with Gasteiger partial charge in [0.1, 0.15) is 0 Å². The number of alkyl halides is 3. The van der Waals surface area contributed by atoms with Crippen LogP contribution >= 0.6 is 0 Å². The molecule has 1 atom stereocenters. The predicted molar refractivity (Wildman–Crippen MR) is 87.3 cm³/mol. The molecule has 2 aromatic heterocycles. The van der Waals surface area contributed by atoms with Crippen LogP contribution in [0.15, 0.2) is 36.8 Å². The van der Waals surface area contributed by atoms with Crippen molar-refractivity contribution in [2.45, 2.75) is 31.5 Å². The number of nitrogens with zero attached hydrogens (tertiary/aromatic N) is 4. The monoisotopic (exact) mass is 379 g/mol. The van der Waals surface area contributed by atoms with Crippen molar-refractivity contribution < 1.29 is 18.0 Å². The normalized spacial score (nSPS) is 12.7. The van der Waals surface area contributed by atoms with Crippen LogP contribution < -0.4 is 5.32 Å². The summed E-state index contributed by atoms with van der Waals surface area (Å²) in [6.45, 7) is 0. The highest BCUT2D eigenvalue weighted by molar-refractivity contribution is 5.78. The summed E-state index contributed by atoms with van der Waals surface area (Å²) in [6.07, 6.45) is -0.657. The number of tetrazole rings is 1. The van der Waals surface area contributed by atoms with Gasteiger partial charge in [0.05, 0.1) is 18.3 Å². The lowest BCUT2D eigenvalue weighted by Gasteiger charge is -2.18. The van der Waals surface area contributed by atoms with Crippen LogP contribution in [-0.4, -0.2) is 42.5 Å². The van der Waals surface area contributed by atoms with Crippen LogP contribution in [0.25, 0.3) is 0 Å². The lowest BCUT2D eigenvalue weighted by molar-refractivity contribution is -0.137. The van der Waals surface area contributed by atoms with E-state index in [0.717, 1.165) is 12.1 Å². The molecule has 3 rings (SSSR count). The molecule has 142 valence electrons. The molecule has 11 heteroatoms. The SMILES string of the molecule is O=C(Cc1cnc[nH]1)N[C@@H](Cc1ccc(C(F)(F)F)cc1)Cc1nn[nH]n1. The van der Waals surface area contributed by atoms with Gasteiger partial charge >= 0.3 is 6.18 Å². The van der Waals surface area contributed by atoms with Crippen molar-refractivity contribution in [2.24, 2.45) is 0 Å². The van der Waals surface area contributed by atoms with Crippen LogP contribution in [0.1, 0.15) is 22.6 Å². The van der Waals surface area contributed by atoms with Crippen LogP contribution in [0.3, 0.4) is 0 Å². The van der Waals surface area contributed by atoms with Gasteiger partial charge in [0, 0.05) is 24.4 Å². The number of benzene rings is 1. The summed E-state index contributed by atoms with van der Waals surface area (Å²) in [5, 5.41) is 16.4. The molecule has 27 heavy (non-hydrogen) atoms. The molecule has 0 saturated carbocycles. The van der Waals surface area contributed by atoms with Gasteiger partial charge < -0.3 is 10.3 Å². The van der Waals surface area contributed by atoms with Crippen molar-refractivity contribution in [3.63, 3.8) is 0 Å². The fourth-order valence-electron chi connectivity index (χ4n) is 2.61. The Hall–Kier alpha value is -3.24. The van der Waals surface area contributed by atoms with Crippen molar-refractivity contribution in [3.8, 4) is 0 Å². The van der Waals surface area contributed by atoms with Crippen LogP contribution in [0.4, 0.5) is 13.2 Å². The molecule has 0 saturated heterocycles. The van der Waals surface area contributed by atoms with E-state index in [2.05, 4.69) is 35.9 Å². The molecule has 8 nitrogen and oxygen atoms in total. The van der Waals surface area contributed by atoms with Gasteiger partial charge in [0.15, 0.2) is 5.82 Å². The summed E-state index contributed by atoms with van der Waals surface area (Å²) in [7, 11) is 0. The smallest absolute Gasteiger partial charge is 0.352 e. The quantitative estimate of drug-likeness (QED) is 0.575. The number of aromatic nitrogens is 6. The highest BCUT2D eigenvalue weighted by Crippen LogP contribution is 2.29. The molecule has 0 fully saturated rings. The van der Waals surface area contributed by atoms with Gasteiger partial charge in [-0.2, -0.15) is 18.4 Å². The van der Waals surface area contributed by atoms with Crippen LogP contribution in [-0.2, 0) is 30.2 Å². The molecule has 0 radical (unpaired) electrons. The zero-order valence-corrected chi connectivity index (χ0v) is 14.0. The standard InChI is InChI=1S/C16H16F3N7O/c17-16(18,19)11-3-1-10(2-4-11)5-12(6-14-23-25-26-24-14)22-15(27)7-13-8-20-9-21-13/h1-4,8-9,12H,5-7H2,(H,20,21)(H,22,27)(H,23,24,25,26)/t12-/m0/s1. The molecule has 3 N–H and O–H groups in total. The molecular formula is C16H16F3N7O. The second kappa shape index (κ2) is 7.98. The zero-order chi connectivity index (χ0) is 19.3. The Balaban J connectivity index is 1.68. The molecule has 0 aliphatic carbocycles. The molecule has 0 aliphatic heterocycles. The van der Waals surface area contributed by atoms with E-state index in [1.807, 2.05) is 0 Å². The maximum atomic E-state index is 12.7. The molecule has 0 unspecified atom stereocenters. The summed E-state index contributed by atoms with van der Waals surface area (Å²) >= 11 is 0. The maximum Gasteiger partial charge on any atom is 0.416 e. The number of H-pyrrole nitrogens is 2. The van der Waals surface area contributed by atoms with Crippen LogP contribution in [0, 0.1) is 0 Å². The lowest BCUT2D eigenvalue weighted by Crippen LogP contribution is -2.39. The average molecular weight is 379 g/mol.